The first-order chi connectivity index (χ1) is 15.6. The molecule has 3 aromatic carbocycles. The Kier molecular flexibility index (Phi) is 6.57. The monoisotopic (exact) mass is 445 g/mol. The van der Waals surface area contributed by atoms with Crippen molar-refractivity contribution in [3.8, 4) is 5.69 Å². The number of nitro benzene ring substituents is 1. The number of nitrogens with zero attached hydrogens (tertiary/aromatic N) is 4. The van der Waals surface area contributed by atoms with E-state index in [0.29, 0.717) is 11.6 Å². The molecule has 4 aromatic rings. The second-order valence-electron chi connectivity index (χ2n) is 6.84. The Morgan fingerprint density at radius 2 is 1.59 bits per heavy atom. The molecule has 1 N–H and O–H groups in total. The molecule has 9 heteroatoms. The van der Waals surface area contributed by atoms with Crippen molar-refractivity contribution in [1.29, 1.82) is 0 Å². The Bertz CT molecular complexity index is 1230. The van der Waals surface area contributed by atoms with E-state index in [-0.39, 0.29) is 23.0 Å². The number of anilines is 1. The number of amides is 1. The molecule has 1 aromatic heterocycles. The molecule has 0 fully saturated rings. The van der Waals surface area contributed by atoms with Crippen LogP contribution in [0.5, 0.6) is 0 Å². The lowest BCUT2D eigenvalue weighted by atomic mass is 10.1. The number of hydrogen-bond donors (Lipinski definition) is 1. The molecule has 0 aliphatic heterocycles. The number of benzene rings is 3. The van der Waals surface area contributed by atoms with Crippen LogP contribution in [0.3, 0.4) is 0 Å². The topological polar surface area (TPSA) is 103 Å². The SMILES string of the molecule is O=C(CSc1nnc(Cc2ccccc2)n1-c1ccccc1)Nc1ccccc1[N+](=O)[O-]. The number of hydrogen-bond acceptors (Lipinski definition) is 6. The normalized spacial score (nSPS) is 10.6. The molecule has 1 heterocycles. The molecule has 8 nitrogen and oxygen atoms in total. The molecular weight excluding hydrogens is 426 g/mol. The summed E-state index contributed by atoms with van der Waals surface area (Å²) in [5.41, 5.74) is 2.01. The van der Waals surface area contributed by atoms with Crippen molar-refractivity contribution in [1.82, 2.24) is 14.8 Å². The molecule has 0 radical (unpaired) electrons. The fourth-order valence-corrected chi connectivity index (χ4v) is 3.95. The second-order valence-corrected chi connectivity index (χ2v) is 7.79. The smallest absolute Gasteiger partial charge is 0.292 e. The maximum Gasteiger partial charge on any atom is 0.292 e. The average Bonchev–Trinajstić information content (AvgIpc) is 3.21. The van der Waals surface area contributed by atoms with E-state index >= 15 is 0 Å². The number of para-hydroxylation sites is 3. The second kappa shape index (κ2) is 9.88. The summed E-state index contributed by atoms with van der Waals surface area (Å²) in [5, 5.41) is 23.0. The van der Waals surface area contributed by atoms with E-state index in [9.17, 15) is 14.9 Å². The van der Waals surface area contributed by atoms with Crippen molar-refractivity contribution in [3.05, 3.63) is 106 Å². The Labute approximate surface area is 188 Å². The lowest BCUT2D eigenvalue weighted by molar-refractivity contribution is -0.383. The predicted molar refractivity (Wildman–Crippen MR) is 123 cm³/mol. The van der Waals surface area contributed by atoms with E-state index in [0.717, 1.165) is 17.1 Å². The number of carbonyl (C=O) groups excluding carboxylic acids is 1. The van der Waals surface area contributed by atoms with Crippen LogP contribution < -0.4 is 5.32 Å². The molecule has 0 saturated carbocycles. The molecule has 0 unspecified atom stereocenters. The van der Waals surface area contributed by atoms with Crippen molar-refractivity contribution < 1.29 is 9.72 Å². The third-order valence-corrected chi connectivity index (χ3v) is 5.56. The number of thioether (sulfide) groups is 1. The Balaban J connectivity index is 1.54. The molecule has 4 rings (SSSR count). The van der Waals surface area contributed by atoms with Crippen LogP contribution in [0, 0.1) is 10.1 Å². The molecule has 1 amide bonds. The van der Waals surface area contributed by atoms with Crippen molar-refractivity contribution in [3.63, 3.8) is 0 Å². The molecule has 32 heavy (non-hydrogen) atoms. The van der Waals surface area contributed by atoms with Crippen LogP contribution in [-0.2, 0) is 11.2 Å². The van der Waals surface area contributed by atoms with Crippen molar-refractivity contribution in [2.45, 2.75) is 11.6 Å². The number of nitro groups is 1. The number of aromatic nitrogens is 3. The summed E-state index contributed by atoms with van der Waals surface area (Å²) in [4.78, 5) is 23.1. The van der Waals surface area contributed by atoms with Gasteiger partial charge in [0.2, 0.25) is 5.91 Å². The summed E-state index contributed by atoms with van der Waals surface area (Å²) in [6, 6.07) is 25.7. The highest BCUT2D eigenvalue weighted by atomic mass is 32.2. The first kappa shape index (κ1) is 21.3. The molecule has 0 aliphatic rings. The summed E-state index contributed by atoms with van der Waals surface area (Å²) in [7, 11) is 0. The largest absolute Gasteiger partial charge is 0.320 e. The molecular formula is C23H19N5O3S. The molecule has 0 aliphatic carbocycles. The van der Waals surface area contributed by atoms with Gasteiger partial charge in [-0.15, -0.1) is 10.2 Å². The maximum absolute atomic E-state index is 12.5. The predicted octanol–water partition coefficient (Wildman–Crippen LogP) is 4.50. The van der Waals surface area contributed by atoms with E-state index in [2.05, 4.69) is 15.5 Å². The minimum atomic E-state index is -0.523. The van der Waals surface area contributed by atoms with Crippen molar-refractivity contribution in [2.75, 3.05) is 11.1 Å². The highest BCUT2D eigenvalue weighted by Crippen LogP contribution is 2.26. The first-order valence-electron chi connectivity index (χ1n) is 9.81. The van der Waals surface area contributed by atoms with E-state index < -0.39 is 4.92 Å². The first-order valence-corrected chi connectivity index (χ1v) is 10.8. The van der Waals surface area contributed by atoms with Crippen LogP contribution in [0.1, 0.15) is 11.4 Å². The number of rotatable bonds is 8. The van der Waals surface area contributed by atoms with Gasteiger partial charge in [0, 0.05) is 18.2 Å². The number of nitrogens with one attached hydrogen (secondary N) is 1. The Morgan fingerprint density at radius 1 is 0.938 bits per heavy atom. The van der Waals surface area contributed by atoms with Gasteiger partial charge in [-0.25, -0.2) is 0 Å². The van der Waals surface area contributed by atoms with Crippen LogP contribution in [0.15, 0.2) is 90.1 Å². The van der Waals surface area contributed by atoms with Gasteiger partial charge in [-0.2, -0.15) is 0 Å². The van der Waals surface area contributed by atoms with Crippen LogP contribution >= 0.6 is 11.8 Å². The fourth-order valence-electron chi connectivity index (χ4n) is 3.18. The van der Waals surface area contributed by atoms with Gasteiger partial charge in [-0.05, 0) is 23.8 Å². The van der Waals surface area contributed by atoms with Crippen molar-refractivity contribution >= 4 is 29.0 Å². The van der Waals surface area contributed by atoms with Gasteiger partial charge >= 0.3 is 0 Å². The highest BCUT2D eigenvalue weighted by molar-refractivity contribution is 7.99. The Morgan fingerprint density at radius 3 is 2.31 bits per heavy atom. The maximum atomic E-state index is 12.5. The van der Waals surface area contributed by atoms with Gasteiger partial charge in [0.15, 0.2) is 5.16 Å². The van der Waals surface area contributed by atoms with E-state index in [1.54, 1.807) is 12.1 Å². The molecule has 0 bridgehead atoms. The lowest BCUT2D eigenvalue weighted by Gasteiger charge is -2.10. The summed E-state index contributed by atoms with van der Waals surface area (Å²) in [6.07, 6.45) is 0.589. The molecule has 0 saturated heterocycles. The van der Waals surface area contributed by atoms with Crippen LogP contribution in [0.4, 0.5) is 11.4 Å². The third-order valence-electron chi connectivity index (χ3n) is 4.63. The quantitative estimate of drug-likeness (QED) is 0.243. The summed E-state index contributed by atoms with van der Waals surface area (Å²) in [6.45, 7) is 0. The van der Waals surface area contributed by atoms with Crippen LogP contribution in [0.25, 0.3) is 5.69 Å². The lowest BCUT2D eigenvalue weighted by Crippen LogP contribution is -2.15. The fraction of sp³-hybridized carbons (Fsp3) is 0.0870. The summed E-state index contributed by atoms with van der Waals surface area (Å²) in [5.74, 6) is 0.419. The summed E-state index contributed by atoms with van der Waals surface area (Å²) < 4.78 is 1.93. The standard InChI is InChI=1S/C23H19N5O3S/c29-22(24-19-13-7-8-14-20(19)28(30)31)16-32-23-26-25-21(15-17-9-3-1-4-10-17)27(23)18-11-5-2-6-12-18/h1-14H,15-16H2,(H,24,29). The van der Waals surface area contributed by atoms with Crippen molar-refractivity contribution in [2.24, 2.45) is 0 Å². The zero-order valence-electron chi connectivity index (χ0n) is 16.9. The van der Waals surface area contributed by atoms with E-state index in [1.165, 1.54) is 23.9 Å². The molecule has 0 atom stereocenters. The van der Waals surface area contributed by atoms with Gasteiger partial charge in [0.05, 0.1) is 10.7 Å². The van der Waals surface area contributed by atoms with Gasteiger partial charge in [0.1, 0.15) is 11.5 Å². The van der Waals surface area contributed by atoms with E-state index in [1.807, 2.05) is 65.2 Å². The molecule has 0 spiro atoms. The van der Waals surface area contributed by atoms with Crippen LogP contribution in [0.2, 0.25) is 0 Å². The zero-order chi connectivity index (χ0) is 22.3. The summed E-state index contributed by atoms with van der Waals surface area (Å²) >= 11 is 1.22. The third kappa shape index (κ3) is 5.01. The highest BCUT2D eigenvalue weighted by Gasteiger charge is 2.18. The van der Waals surface area contributed by atoms with Crippen LogP contribution in [-0.4, -0.2) is 31.3 Å². The minimum absolute atomic E-state index is 0.0301. The molecule has 160 valence electrons. The van der Waals surface area contributed by atoms with Gasteiger partial charge in [0.25, 0.3) is 5.69 Å². The van der Waals surface area contributed by atoms with E-state index in [4.69, 9.17) is 0 Å². The average molecular weight is 446 g/mol. The van der Waals surface area contributed by atoms with Gasteiger partial charge in [-0.1, -0.05) is 72.4 Å². The van der Waals surface area contributed by atoms with Gasteiger partial charge < -0.3 is 5.32 Å². The minimum Gasteiger partial charge on any atom is -0.320 e. The Hall–Kier alpha value is -3.98. The van der Waals surface area contributed by atoms with Gasteiger partial charge in [-0.3, -0.25) is 19.5 Å². The number of carbonyl (C=O) groups is 1. The zero-order valence-corrected chi connectivity index (χ0v) is 17.7.